The highest BCUT2D eigenvalue weighted by molar-refractivity contribution is 7.91. The minimum atomic E-state index is -3.57. The molecule has 7 nitrogen and oxygen atoms in total. The Hall–Kier alpha value is -1.51. The van der Waals surface area contributed by atoms with Crippen molar-refractivity contribution in [2.45, 2.75) is 42.7 Å². The van der Waals surface area contributed by atoms with E-state index in [0.29, 0.717) is 11.5 Å². The monoisotopic (exact) mass is 418 g/mol. The number of amides is 1. The van der Waals surface area contributed by atoms with Gasteiger partial charge in [0.05, 0.1) is 24.9 Å². The average molecular weight is 419 g/mol. The van der Waals surface area contributed by atoms with Gasteiger partial charge in [-0.25, -0.2) is 8.42 Å². The van der Waals surface area contributed by atoms with Gasteiger partial charge in [-0.15, -0.1) is 12.4 Å². The van der Waals surface area contributed by atoms with Gasteiger partial charge in [-0.05, 0) is 37.9 Å². The molecule has 152 valence electrons. The first-order valence-electron chi connectivity index (χ1n) is 8.93. The molecule has 1 aromatic rings. The van der Waals surface area contributed by atoms with E-state index < -0.39 is 9.84 Å². The first-order valence-corrected chi connectivity index (χ1v) is 10.6. The third kappa shape index (κ3) is 4.67. The lowest BCUT2D eigenvalue weighted by atomic mass is 10.1. The van der Waals surface area contributed by atoms with Crippen LogP contribution in [0.5, 0.6) is 11.5 Å². The summed E-state index contributed by atoms with van der Waals surface area (Å²) in [6.07, 6.45) is 2.95. The molecule has 2 unspecified atom stereocenters. The normalized spacial score (nSPS) is 21.9. The maximum Gasteiger partial charge on any atom is 0.224 e. The van der Waals surface area contributed by atoms with Crippen molar-refractivity contribution in [1.29, 1.82) is 0 Å². The van der Waals surface area contributed by atoms with Gasteiger partial charge in [0.1, 0.15) is 0 Å². The Kier molecular flexibility index (Phi) is 7.36. The molecule has 0 saturated carbocycles. The van der Waals surface area contributed by atoms with E-state index in [9.17, 15) is 13.2 Å². The lowest BCUT2D eigenvalue weighted by molar-refractivity contribution is -0.133. The lowest BCUT2D eigenvalue weighted by Crippen LogP contribution is -2.43. The number of carbonyl (C=O) groups excluding carboxylic acids is 1. The number of halogens is 1. The molecule has 1 aromatic carbocycles. The standard InChI is InChI=1S/C18H26N2O5S.ClH/c1-24-16-6-5-15(11-17(16)25-2)26(22,23)10-8-18(21)20-13-3-4-14(20)12-19-9-7-13;/h5-6,11,13-14,19H,3-4,7-10,12H2,1-2H3;1H. The van der Waals surface area contributed by atoms with E-state index in [1.807, 2.05) is 4.90 Å². The van der Waals surface area contributed by atoms with Crippen molar-refractivity contribution in [1.82, 2.24) is 10.2 Å². The van der Waals surface area contributed by atoms with Crippen LogP contribution in [0.3, 0.4) is 0 Å². The Morgan fingerprint density at radius 3 is 2.56 bits per heavy atom. The minimum Gasteiger partial charge on any atom is -0.493 e. The second kappa shape index (κ2) is 9.12. The Labute approximate surface area is 166 Å². The summed E-state index contributed by atoms with van der Waals surface area (Å²) in [6.45, 7) is 1.71. The van der Waals surface area contributed by atoms with Crippen LogP contribution in [0.1, 0.15) is 25.7 Å². The molecule has 3 rings (SSSR count). The van der Waals surface area contributed by atoms with E-state index in [-0.39, 0.29) is 47.5 Å². The summed E-state index contributed by atoms with van der Waals surface area (Å²) in [5.74, 6) is 0.558. The molecule has 2 saturated heterocycles. The van der Waals surface area contributed by atoms with E-state index in [1.54, 1.807) is 6.07 Å². The molecule has 2 atom stereocenters. The van der Waals surface area contributed by atoms with E-state index in [4.69, 9.17) is 9.47 Å². The third-order valence-corrected chi connectivity index (χ3v) is 6.95. The number of hydrogen-bond acceptors (Lipinski definition) is 6. The second-order valence-corrected chi connectivity index (χ2v) is 8.87. The van der Waals surface area contributed by atoms with Crippen molar-refractivity contribution >= 4 is 28.2 Å². The van der Waals surface area contributed by atoms with Gasteiger partial charge >= 0.3 is 0 Å². The van der Waals surface area contributed by atoms with Crippen molar-refractivity contribution < 1.29 is 22.7 Å². The van der Waals surface area contributed by atoms with E-state index in [2.05, 4.69) is 5.32 Å². The predicted octanol–water partition coefficient (Wildman–Crippen LogP) is 1.64. The molecule has 0 aliphatic carbocycles. The molecular formula is C18H27ClN2O5S. The molecule has 2 heterocycles. The highest BCUT2D eigenvalue weighted by Gasteiger charge is 2.38. The summed E-state index contributed by atoms with van der Waals surface area (Å²) >= 11 is 0. The molecular weight excluding hydrogens is 392 g/mol. The smallest absolute Gasteiger partial charge is 0.224 e. The number of nitrogens with zero attached hydrogens (tertiary/aromatic N) is 1. The summed E-state index contributed by atoms with van der Waals surface area (Å²) < 4.78 is 35.6. The number of methoxy groups -OCH3 is 2. The van der Waals surface area contributed by atoms with Gasteiger partial charge in [0.15, 0.2) is 21.3 Å². The van der Waals surface area contributed by atoms with Crippen LogP contribution in [0.4, 0.5) is 0 Å². The molecule has 2 bridgehead atoms. The number of hydrogen-bond donors (Lipinski definition) is 1. The van der Waals surface area contributed by atoms with Gasteiger partial charge < -0.3 is 19.7 Å². The van der Waals surface area contributed by atoms with Crippen LogP contribution >= 0.6 is 12.4 Å². The molecule has 0 spiro atoms. The average Bonchev–Trinajstić information content (AvgIpc) is 2.91. The van der Waals surface area contributed by atoms with Crippen molar-refractivity contribution in [2.24, 2.45) is 0 Å². The third-order valence-electron chi connectivity index (χ3n) is 5.24. The fourth-order valence-corrected chi connectivity index (χ4v) is 5.11. The van der Waals surface area contributed by atoms with Crippen LogP contribution in [0.15, 0.2) is 23.1 Å². The molecule has 2 fully saturated rings. The van der Waals surface area contributed by atoms with Gasteiger partial charge in [-0.1, -0.05) is 0 Å². The number of ether oxygens (including phenoxy) is 2. The number of benzene rings is 1. The van der Waals surface area contributed by atoms with E-state index in [1.165, 1.54) is 26.4 Å². The summed E-state index contributed by atoms with van der Waals surface area (Å²) in [4.78, 5) is 14.8. The largest absolute Gasteiger partial charge is 0.493 e. The van der Waals surface area contributed by atoms with Crippen molar-refractivity contribution in [2.75, 3.05) is 33.1 Å². The van der Waals surface area contributed by atoms with Crippen LogP contribution in [-0.4, -0.2) is 64.4 Å². The molecule has 0 radical (unpaired) electrons. The number of sulfone groups is 1. The SMILES string of the molecule is COc1ccc(S(=O)(=O)CCC(=O)N2C3CCNCC2CC3)cc1OC.Cl. The van der Waals surface area contributed by atoms with E-state index >= 15 is 0 Å². The molecule has 1 N–H and O–H groups in total. The Morgan fingerprint density at radius 2 is 1.85 bits per heavy atom. The zero-order chi connectivity index (χ0) is 18.7. The van der Waals surface area contributed by atoms with Gasteiger partial charge in [0.25, 0.3) is 0 Å². The Morgan fingerprint density at radius 1 is 1.15 bits per heavy atom. The summed E-state index contributed by atoms with van der Waals surface area (Å²) in [7, 11) is -0.620. The summed E-state index contributed by atoms with van der Waals surface area (Å²) in [5.41, 5.74) is 0. The molecule has 2 aliphatic rings. The maximum absolute atomic E-state index is 12.7. The highest BCUT2D eigenvalue weighted by atomic mass is 35.5. The Balaban J connectivity index is 0.00000261. The van der Waals surface area contributed by atoms with Gasteiger partial charge in [0.2, 0.25) is 5.91 Å². The van der Waals surface area contributed by atoms with Crippen LogP contribution < -0.4 is 14.8 Å². The molecule has 1 amide bonds. The minimum absolute atomic E-state index is 0. The predicted molar refractivity (Wildman–Crippen MR) is 105 cm³/mol. The zero-order valence-electron chi connectivity index (χ0n) is 15.6. The fourth-order valence-electron chi connectivity index (χ4n) is 3.87. The first-order chi connectivity index (χ1) is 12.5. The van der Waals surface area contributed by atoms with Crippen LogP contribution in [0, 0.1) is 0 Å². The van der Waals surface area contributed by atoms with Crippen molar-refractivity contribution in [3.8, 4) is 11.5 Å². The second-order valence-electron chi connectivity index (χ2n) is 6.76. The van der Waals surface area contributed by atoms with Crippen LogP contribution in [0.25, 0.3) is 0 Å². The van der Waals surface area contributed by atoms with E-state index in [0.717, 1.165) is 32.4 Å². The van der Waals surface area contributed by atoms with Gasteiger partial charge in [-0.3, -0.25) is 4.79 Å². The number of fused-ring (bicyclic) bond motifs is 2. The molecule has 2 aliphatic heterocycles. The lowest BCUT2D eigenvalue weighted by Gasteiger charge is -2.28. The molecule has 27 heavy (non-hydrogen) atoms. The fraction of sp³-hybridized carbons (Fsp3) is 0.611. The topological polar surface area (TPSA) is 84.9 Å². The quantitative estimate of drug-likeness (QED) is 0.756. The summed E-state index contributed by atoms with van der Waals surface area (Å²) in [5, 5.41) is 3.35. The Bertz CT molecular complexity index is 757. The van der Waals surface area contributed by atoms with Crippen LogP contribution in [-0.2, 0) is 14.6 Å². The number of rotatable bonds is 6. The first kappa shape index (κ1) is 21.8. The van der Waals surface area contributed by atoms with Crippen LogP contribution in [0.2, 0.25) is 0 Å². The molecule has 0 aromatic heterocycles. The van der Waals surface area contributed by atoms with Crippen molar-refractivity contribution in [3.63, 3.8) is 0 Å². The number of carbonyl (C=O) groups is 1. The van der Waals surface area contributed by atoms with Gasteiger partial charge in [0, 0.05) is 31.1 Å². The summed E-state index contributed by atoms with van der Waals surface area (Å²) in [6, 6.07) is 4.93. The highest BCUT2D eigenvalue weighted by Crippen LogP contribution is 2.31. The van der Waals surface area contributed by atoms with Crippen molar-refractivity contribution in [3.05, 3.63) is 18.2 Å². The number of nitrogens with one attached hydrogen (secondary N) is 1. The zero-order valence-corrected chi connectivity index (χ0v) is 17.3. The van der Waals surface area contributed by atoms with Gasteiger partial charge in [-0.2, -0.15) is 0 Å². The molecule has 9 heteroatoms. The maximum atomic E-state index is 12.7.